The molecule has 0 saturated carbocycles. The maximum absolute atomic E-state index is 10.6. The van der Waals surface area contributed by atoms with Crippen LogP contribution in [0.4, 0.5) is 0 Å². The molecule has 2 aromatic carbocycles. The minimum absolute atomic E-state index is 0.160. The molecule has 0 aliphatic rings. The highest BCUT2D eigenvalue weighted by atomic mass is 16.5. The fourth-order valence-electron chi connectivity index (χ4n) is 3.11. The molecule has 29 heavy (non-hydrogen) atoms. The molecule has 0 spiro atoms. The Morgan fingerprint density at radius 3 is 2.48 bits per heavy atom. The van der Waals surface area contributed by atoms with E-state index < -0.39 is 6.10 Å². The van der Waals surface area contributed by atoms with Crippen molar-refractivity contribution in [3.05, 3.63) is 78.3 Å². The summed E-state index contributed by atoms with van der Waals surface area (Å²) in [5, 5.41) is 10.6. The van der Waals surface area contributed by atoms with E-state index in [0.717, 1.165) is 17.1 Å². The van der Waals surface area contributed by atoms with Crippen molar-refractivity contribution >= 4 is 0 Å². The molecular weight excluding hydrogens is 370 g/mol. The normalized spacial score (nSPS) is 12.0. The second-order valence-electron chi connectivity index (χ2n) is 6.72. The van der Waals surface area contributed by atoms with Gasteiger partial charge in [0.05, 0.1) is 27.0 Å². The van der Waals surface area contributed by atoms with Gasteiger partial charge in [-0.2, -0.15) is 0 Å². The first-order chi connectivity index (χ1) is 14.2. The summed E-state index contributed by atoms with van der Waals surface area (Å²) < 4.78 is 21.9. The second kappa shape index (κ2) is 10.5. The van der Waals surface area contributed by atoms with E-state index >= 15 is 0 Å². The molecule has 0 amide bonds. The van der Waals surface area contributed by atoms with Gasteiger partial charge < -0.3 is 23.7 Å². The van der Waals surface area contributed by atoms with Crippen LogP contribution in [0.2, 0.25) is 0 Å². The van der Waals surface area contributed by atoms with Crippen LogP contribution in [0.5, 0.6) is 17.2 Å². The third-order valence-corrected chi connectivity index (χ3v) is 4.47. The van der Waals surface area contributed by atoms with Gasteiger partial charge in [-0.05, 0) is 42.0 Å². The van der Waals surface area contributed by atoms with Crippen molar-refractivity contribution in [1.29, 1.82) is 0 Å². The largest absolute Gasteiger partial charge is 0.497 e. The molecule has 0 aliphatic carbocycles. The van der Waals surface area contributed by atoms with E-state index in [1.54, 1.807) is 20.5 Å². The third kappa shape index (κ3) is 6.27. The first-order valence-corrected chi connectivity index (χ1v) is 9.49. The predicted molar refractivity (Wildman–Crippen MR) is 110 cm³/mol. The lowest BCUT2D eigenvalue weighted by Gasteiger charge is -2.25. The highest BCUT2D eigenvalue weighted by molar-refractivity contribution is 5.39. The van der Waals surface area contributed by atoms with Crippen LogP contribution in [-0.4, -0.2) is 43.5 Å². The predicted octanol–water partition coefficient (Wildman–Crippen LogP) is 3.74. The van der Waals surface area contributed by atoms with Gasteiger partial charge in [-0.25, -0.2) is 0 Å². The summed E-state index contributed by atoms with van der Waals surface area (Å²) >= 11 is 0. The van der Waals surface area contributed by atoms with Gasteiger partial charge >= 0.3 is 0 Å². The Morgan fingerprint density at radius 1 is 0.931 bits per heavy atom. The molecule has 0 aliphatic heterocycles. The van der Waals surface area contributed by atoms with Crippen LogP contribution in [0.3, 0.4) is 0 Å². The molecule has 0 saturated heterocycles. The Balaban J connectivity index is 1.63. The van der Waals surface area contributed by atoms with E-state index in [1.165, 1.54) is 0 Å². The first-order valence-electron chi connectivity index (χ1n) is 9.49. The monoisotopic (exact) mass is 397 g/mol. The summed E-state index contributed by atoms with van der Waals surface area (Å²) in [6, 6.07) is 19.1. The van der Waals surface area contributed by atoms with E-state index in [4.69, 9.17) is 18.6 Å². The Bertz CT molecular complexity index is 865. The van der Waals surface area contributed by atoms with Crippen LogP contribution >= 0.6 is 0 Å². The number of para-hydroxylation sites is 2. The smallest absolute Gasteiger partial charge is 0.161 e. The highest BCUT2D eigenvalue weighted by Crippen LogP contribution is 2.26. The molecule has 3 aromatic rings. The molecule has 1 N–H and O–H groups in total. The molecule has 6 heteroatoms. The number of furan rings is 1. The minimum atomic E-state index is -0.680. The van der Waals surface area contributed by atoms with Crippen molar-refractivity contribution < 1.29 is 23.7 Å². The van der Waals surface area contributed by atoms with E-state index in [0.29, 0.717) is 31.1 Å². The highest BCUT2D eigenvalue weighted by Gasteiger charge is 2.16. The first kappa shape index (κ1) is 20.8. The zero-order valence-electron chi connectivity index (χ0n) is 16.8. The summed E-state index contributed by atoms with van der Waals surface area (Å²) in [6.07, 6.45) is 0.973. The molecule has 0 bridgehead atoms. The quantitative estimate of drug-likeness (QED) is 0.532. The van der Waals surface area contributed by atoms with Crippen LogP contribution < -0.4 is 14.2 Å². The van der Waals surface area contributed by atoms with Crippen molar-refractivity contribution in [2.24, 2.45) is 0 Å². The number of hydrogen-bond acceptors (Lipinski definition) is 6. The number of methoxy groups -OCH3 is 2. The van der Waals surface area contributed by atoms with Gasteiger partial charge in [-0.3, -0.25) is 4.90 Å². The molecule has 6 nitrogen and oxygen atoms in total. The summed E-state index contributed by atoms with van der Waals surface area (Å²) in [4.78, 5) is 2.11. The van der Waals surface area contributed by atoms with Crippen LogP contribution in [0.1, 0.15) is 11.3 Å². The Kier molecular flexibility index (Phi) is 7.55. The van der Waals surface area contributed by atoms with Gasteiger partial charge in [0, 0.05) is 13.1 Å². The number of aliphatic hydroxyl groups is 1. The number of ether oxygens (including phenoxy) is 3. The molecule has 154 valence electrons. The van der Waals surface area contributed by atoms with Crippen molar-refractivity contribution in [3.8, 4) is 17.2 Å². The van der Waals surface area contributed by atoms with E-state index in [2.05, 4.69) is 4.90 Å². The topological polar surface area (TPSA) is 64.3 Å². The van der Waals surface area contributed by atoms with Gasteiger partial charge in [0.25, 0.3) is 0 Å². The van der Waals surface area contributed by atoms with Gasteiger partial charge in [-0.15, -0.1) is 0 Å². The van der Waals surface area contributed by atoms with E-state index in [1.807, 2.05) is 60.7 Å². The summed E-state index contributed by atoms with van der Waals surface area (Å²) in [5.41, 5.74) is 1.09. The summed E-state index contributed by atoms with van der Waals surface area (Å²) in [7, 11) is 3.25. The van der Waals surface area contributed by atoms with Crippen LogP contribution in [0.25, 0.3) is 0 Å². The average molecular weight is 397 g/mol. The van der Waals surface area contributed by atoms with E-state index in [9.17, 15) is 5.11 Å². The third-order valence-electron chi connectivity index (χ3n) is 4.47. The molecule has 0 fully saturated rings. The van der Waals surface area contributed by atoms with Gasteiger partial charge in [0.1, 0.15) is 24.2 Å². The average Bonchev–Trinajstić information content (AvgIpc) is 3.25. The number of rotatable bonds is 11. The number of hydrogen-bond donors (Lipinski definition) is 1. The van der Waals surface area contributed by atoms with E-state index in [-0.39, 0.29) is 6.61 Å². The molecule has 3 rings (SSSR count). The molecule has 1 atom stereocenters. The zero-order valence-corrected chi connectivity index (χ0v) is 16.8. The maximum Gasteiger partial charge on any atom is 0.161 e. The Hall–Kier alpha value is -2.96. The number of aliphatic hydroxyl groups excluding tert-OH is 1. The second-order valence-corrected chi connectivity index (χ2v) is 6.72. The zero-order chi connectivity index (χ0) is 20.5. The molecule has 1 aromatic heterocycles. The summed E-state index contributed by atoms with van der Waals surface area (Å²) in [6.45, 7) is 1.81. The molecule has 1 unspecified atom stereocenters. The fourth-order valence-corrected chi connectivity index (χ4v) is 3.11. The fraction of sp³-hybridized carbons (Fsp3) is 0.304. The molecule has 0 radical (unpaired) electrons. The van der Waals surface area contributed by atoms with Crippen LogP contribution in [0.15, 0.2) is 71.3 Å². The van der Waals surface area contributed by atoms with Crippen molar-refractivity contribution in [1.82, 2.24) is 4.90 Å². The van der Waals surface area contributed by atoms with Crippen LogP contribution in [-0.2, 0) is 13.1 Å². The lowest BCUT2D eigenvalue weighted by atomic mass is 10.2. The van der Waals surface area contributed by atoms with Gasteiger partial charge in [0.2, 0.25) is 0 Å². The lowest BCUT2D eigenvalue weighted by Crippen LogP contribution is -2.35. The van der Waals surface area contributed by atoms with Gasteiger partial charge in [-0.1, -0.05) is 24.3 Å². The minimum Gasteiger partial charge on any atom is -0.497 e. The lowest BCUT2D eigenvalue weighted by molar-refractivity contribution is 0.0596. The standard InChI is InChI=1S/C23H27NO5/c1-26-20-8-5-7-18(13-20)14-24(16-21-9-6-12-28-21)15-19(25)17-29-23-11-4-3-10-22(23)27-2/h3-13,19,25H,14-17H2,1-2H3. The van der Waals surface area contributed by atoms with Gasteiger partial charge in [0.15, 0.2) is 11.5 Å². The Morgan fingerprint density at radius 2 is 1.76 bits per heavy atom. The number of benzene rings is 2. The molecule has 1 heterocycles. The Labute approximate surface area is 171 Å². The van der Waals surface area contributed by atoms with Crippen molar-refractivity contribution in [2.45, 2.75) is 19.2 Å². The SMILES string of the molecule is COc1cccc(CN(Cc2ccco2)CC(O)COc2ccccc2OC)c1. The van der Waals surface area contributed by atoms with Crippen LogP contribution in [0, 0.1) is 0 Å². The maximum atomic E-state index is 10.6. The summed E-state index contributed by atoms with van der Waals surface area (Å²) in [5.74, 6) is 2.90. The molecular formula is C23H27NO5. The number of nitrogens with zero attached hydrogens (tertiary/aromatic N) is 1. The van der Waals surface area contributed by atoms with Crippen molar-refractivity contribution in [3.63, 3.8) is 0 Å². The van der Waals surface area contributed by atoms with Crippen molar-refractivity contribution in [2.75, 3.05) is 27.4 Å².